The molecule has 0 spiro atoms. The number of hydrogen-bond acceptors (Lipinski definition) is 3. The van der Waals surface area contributed by atoms with Crippen LogP contribution in [-0.2, 0) is 11.3 Å². The third-order valence-corrected chi connectivity index (χ3v) is 3.12. The molecule has 1 rings (SSSR count). The van der Waals surface area contributed by atoms with Crippen molar-refractivity contribution in [3.8, 4) is 0 Å². The Bertz CT molecular complexity index is 290. The summed E-state index contributed by atoms with van der Waals surface area (Å²) < 4.78 is 5.60. The summed E-state index contributed by atoms with van der Waals surface area (Å²) in [5.41, 5.74) is 1.22. The SMILES string of the molecule is CCCCCCCCOCCNCc1cccnc1. The van der Waals surface area contributed by atoms with Crippen LogP contribution in [0.15, 0.2) is 24.5 Å². The van der Waals surface area contributed by atoms with E-state index in [1.54, 1.807) is 6.20 Å². The Balaban J connectivity index is 1.79. The molecule has 19 heavy (non-hydrogen) atoms. The first-order chi connectivity index (χ1) is 9.43. The van der Waals surface area contributed by atoms with Crippen molar-refractivity contribution >= 4 is 0 Å². The topological polar surface area (TPSA) is 34.1 Å². The number of nitrogens with zero attached hydrogens (tertiary/aromatic N) is 1. The number of ether oxygens (including phenoxy) is 1. The standard InChI is InChI=1S/C16H28N2O/c1-2-3-4-5-6-7-12-19-13-11-18-15-16-9-8-10-17-14-16/h8-10,14,18H,2-7,11-13,15H2,1H3. The highest BCUT2D eigenvalue weighted by atomic mass is 16.5. The fourth-order valence-electron chi connectivity index (χ4n) is 1.97. The monoisotopic (exact) mass is 264 g/mol. The second-order valence-electron chi connectivity index (χ2n) is 4.92. The van der Waals surface area contributed by atoms with E-state index in [4.69, 9.17) is 4.74 Å². The average molecular weight is 264 g/mol. The highest BCUT2D eigenvalue weighted by molar-refractivity contribution is 5.07. The molecule has 0 amide bonds. The fourth-order valence-corrected chi connectivity index (χ4v) is 1.97. The van der Waals surface area contributed by atoms with Crippen LogP contribution >= 0.6 is 0 Å². The van der Waals surface area contributed by atoms with E-state index >= 15 is 0 Å². The average Bonchev–Trinajstić information content (AvgIpc) is 2.46. The zero-order valence-corrected chi connectivity index (χ0v) is 12.2. The summed E-state index contributed by atoms with van der Waals surface area (Å²) in [7, 11) is 0. The number of unbranched alkanes of at least 4 members (excludes halogenated alkanes) is 5. The van der Waals surface area contributed by atoms with E-state index in [0.29, 0.717) is 0 Å². The van der Waals surface area contributed by atoms with Gasteiger partial charge in [-0.1, -0.05) is 45.1 Å². The van der Waals surface area contributed by atoms with Crippen LogP contribution in [0.5, 0.6) is 0 Å². The maximum atomic E-state index is 5.60. The van der Waals surface area contributed by atoms with Crippen LogP contribution in [-0.4, -0.2) is 24.7 Å². The summed E-state index contributed by atoms with van der Waals surface area (Å²) >= 11 is 0. The molecule has 108 valence electrons. The first-order valence-corrected chi connectivity index (χ1v) is 7.61. The summed E-state index contributed by atoms with van der Waals surface area (Å²) in [5.74, 6) is 0. The minimum Gasteiger partial charge on any atom is -0.380 e. The summed E-state index contributed by atoms with van der Waals surface area (Å²) in [6, 6.07) is 4.04. The van der Waals surface area contributed by atoms with Gasteiger partial charge in [0.1, 0.15) is 0 Å². The molecule has 0 aliphatic heterocycles. The molecule has 0 aromatic carbocycles. The Morgan fingerprint density at radius 3 is 2.74 bits per heavy atom. The highest BCUT2D eigenvalue weighted by Crippen LogP contribution is 2.04. The third kappa shape index (κ3) is 9.62. The first-order valence-electron chi connectivity index (χ1n) is 7.61. The van der Waals surface area contributed by atoms with Crippen molar-refractivity contribution in [2.75, 3.05) is 19.8 Å². The lowest BCUT2D eigenvalue weighted by molar-refractivity contribution is 0.131. The third-order valence-electron chi connectivity index (χ3n) is 3.12. The molecule has 3 nitrogen and oxygen atoms in total. The van der Waals surface area contributed by atoms with Crippen LogP contribution in [0.3, 0.4) is 0 Å². The Labute approximate surface area is 117 Å². The molecule has 1 aromatic rings. The van der Waals surface area contributed by atoms with E-state index in [9.17, 15) is 0 Å². The molecule has 0 saturated heterocycles. The van der Waals surface area contributed by atoms with Gasteiger partial charge in [0.05, 0.1) is 6.61 Å². The Kier molecular flexibility index (Phi) is 10.3. The van der Waals surface area contributed by atoms with Crippen molar-refractivity contribution in [1.29, 1.82) is 0 Å². The molecule has 1 aromatic heterocycles. The molecule has 1 heterocycles. The molecule has 0 radical (unpaired) electrons. The van der Waals surface area contributed by atoms with Crippen molar-refractivity contribution < 1.29 is 4.74 Å². The van der Waals surface area contributed by atoms with Gasteiger partial charge in [0, 0.05) is 32.1 Å². The van der Waals surface area contributed by atoms with Crippen molar-refractivity contribution in [2.45, 2.75) is 52.0 Å². The number of pyridine rings is 1. The van der Waals surface area contributed by atoms with E-state index in [0.717, 1.165) is 26.3 Å². The van der Waals surface area contributed by atoms with Crippen LogP contribution in [0, 0.1) is 0 Å². The van der Waals surface area contributed by atoms with Crippen LogP contribution in [0.1, 0.15) is 51.0 Å². The normalized spacial score (nSPS) is 10.8. The zero-order valence-electron chi connectivity index (χ0n) is 12.2. The van der Waals surface area contributed by atoms with Crippen LogP contribution in [0.25, 0.3) is 0 Å². The van der Waals surface area contributed by atoms with E-state index < -0.39 is 0 Å². The lowest BCUT2D eigenvalue weighted by Gasteiger charge is -2.06. The Morgan fingerprint density at radius 1 is 1.11 bits per heavy atom. The maximum Gasteiger partial charge on any atom is 0.0591 e. The molecule has 0 aliphatic rings. The molecular weight excluding hydrogens is 236 g/mol. The molecule has 0 fully saturated rings. The summed E-state index contributed by atoms with van der Waals surface area (Å²) in [6.45, 7) is 5.73. The fraction of sp³-hybridized carbons (Fsp3) is 0.688. The Hall–Kier alpha value is -0.930. The minimum absolute atomic E-state index is 0.801. The number of aromatic nitrogens is 1. The smallest absolute Gasteiger partial charge is 0.0591 e. The minimum atomic E-state index is 0.801. The molecule has 0 unspecified atom stereocenters. The summed E-state index contributed by atoms with van der Waals surface area (Å²) in [4.78, 5) is 4.08. The van der Waals surface area contributed by atoms with Crippen molar-refractivity contribution in [2.24, 2.45) is 0 Å². The quantitative estimate of drug-likeness (QED) is 0.586. The van der Waals surface area contributed by atoms with Gasteiger partial charge < -0.3 is 10.1 Å². The van der Waals surface area contributed by atoms with Crippen LogP contribution in [0.2, 0.25) is 0 Å². The highest BCUT2D eigenvalue weighted by Gasteiger charge is 1.93. The Morgan fingerprint density at radius 2 is 1.95 bits per heavy atom. The van der Waals surface area contributed by atoms with E-state index in [-0.39, 0.29) is 0 Å². The van der Waals surface area contributed by atoms with E-state index in [1.807, 2.05) is 12.3 Å². The van der Waals surface area contributed by atoms with Gasteiger partial charge in [0.2, 0.25) is 0 Å². The zero-order chi connectivity index (χ0) is 13.6. The number of nitrogens with one attached hydrogen (secondary N) is 1. The summed E-state index contributed by atoms with van der Waals surface area (Å²) in [5, 5.41) is 3.36. The molecule has 0 aliphatic carbocycles. The number of hydrogen-bond donors (Lipinski definition) is 1. The second-order valence-corrected chi connectivity index (χ2v) is 4.92. The van der Waals surface area contributed by atoms with Crippen LogP contribution < -0.4 is 5.32 Å². The van der Waals surface area contributed by atoms with Crippen molar-refractivity contribution in [3.05, 3.63) is 30.1 Å². The largest absolute Gasteiger partial charge is 0.380 e. The van der Waals surface area contributed by atoms with Crippen LogP contribution in [0.4, 0.5) is 0 Å². The van der Waals surface area contributed by atoms with Crippen molar-refractivity contribution in [1.82, 2.24) is 10.3 Å². The van der Waals surface area contributed by atoms with Gasteiger partial charge in [-0.25, -0.2) is 0 Å². The predicted octanol–water partition coefficient (Wildman–Crippen LogP) is 3.55. The van der Waals surface area contributed by atoms with Gasteiger partial charge in [-0.2, -0.15) is 0 Å². The molecule has 3 heteroatoms. The second kappa shape index (κ2) is 12.1. The van der Waals surface area contributed by atoms with Crippen molar-refractivity contribution in [3.63, 3.8) is 0 Å². The molecule has 1 N–H and O–H groups in total. The molecule has 0 atom stereocenters. The summed E-state index contributed by atoms with van der Waals surface area (Å²) in [6.07, 6.45) is 11.6. The first kappa shape index (κ1) is 16.1. The van der Waals surface area contributed by atoms with Gasteiger partial charge in [-0.15, -0.1) is 0 Å². The van der Waals surface area contributed by atoms with Gasteiger partial charge in [-0.3, -0.25) is 4.98 Å². The van der Waals surface area contributed by atoms with Gasteiger partial charge >= 0.3 is 0 Å². The maximum absolute atomic E-state index is 5.60. The molecule has 0 bridgehead atoms. The van der Waals surface area contributed by atoms with E-state index in [2.05, 4.69) is 23.3 Å². The molecule has 0 saturated carbocycles. The van der Waals surface area contributed by atoms with E-state index in [1.165, 1.54) is 44.1 Å². The lowest BCUT2D eigenvalue weighted by atomic mass is 10.1. The lowest BCUT2D eigenvalue weighted by Crippen LogP contribution is -2.19. The number of rotatable bonds is 12. The van der Waals surface area contributed by atoms with Gasteiger partial charge in [0.25, 0.3) is 0 Å². The predicted molar refractivity (Wildman–Crippen MR) is 80.1 cm³/mol. The molecular formula is C16H28N2O. The van der Waals surface area contributed by atoms with Gasteiger partial charge in [0.15, 0.2) is 0 Å². The van der Waals surface area contributed by atoms with Gasteiger partial charge in [-0.05, 0) is 18.1 Å².